The van der Waals surface area contributed by atoms with Crippen LogP contribution in [0.5, 0.6) is 0 Å². The van der Waals surface area contributed by atoms with Crippen molar-refractivity contribution in [1.29, 1.82) is 0 Å². The maximum atomic E-state index is 13.0. The van der Waals surface area contributed by atoms with E-state index in [1.54, 1.807) is 0 Å². The molecule has 0 aliphatic carbocycles. The van der Waals surface area contributed by atoms with Gasteiger partial charge in [-0.25, -0.2) is 19.6 Å². The van der Waals surface area contributed by atoms with E-state index in [1.165, 1.54) is 12.7 Å². The third-order valence-corrected chi connectivity index (χ3v) is 6.94. The number of ether oxygens (including phenoxy) is 2. The molecule has 0 spiro atoms. The normalized spacial score (nSPS) is 12.2. The average molecular weight is 675 g/mol. The minimum atomic E-state index is -0.910. The summed E-state index contributed by atoms with van der Waals surface area (Å²) in [6.45, 7) is 12.0. The molecule has 0 radical (unpaired) electrons. The van der Waals surface area contributed by atoms with Crippen molar-refractivity contribution in [2.24, 2.45) is 11.8 Å². The predicted molar refractivity (Wildman–Crippen MR) is 175 cm³/mol. The number of carbonyl (C=O) groups excluding carboxylic acids is 6. The Labute approximate surface area is 280 Å². The number of imidazole rings is 2. The molecule has 0 bridgehead atoms. The van der Waals surface area contributed by atoms with Gasteiger partial charge in [-0.1, -0.05) is 54.4 Å². The van der Waals surface area contributed by atoms with Crippen LogP contribution in [0.2, 0.25) is 0 Å². The molecule has 2 aromatic heterocycles. The third-order valence-electron chi connectivity index (χ3n) is 6.94. The van der Waals surface area contributed by atoms with Gasteiger partial charge < -0.3 is 40.7 Å². The molecule has 2 heterocycles. The molecule has 0 fully saturated rings. The highest BCUT2D eigenvalue weighted by atomic mass is 16.5. The van der Waals surface area contributed by atoms with E-state index in [9.17, 15) is 28.8 Å². The lowest BCUT2D eigenvalue weighted by Crippen LogP contribution is -2.44. The zero-order valence-corrected chi connectivity index (χ0v) is 28.7. The first-order valence-corrected chi connectivity index (χ1v) is 16.5. The molecule has 2 rings (SSSR count). The summed E-state index contributed by atoms with van der Waals surface area (Å²) in [5.74, 6) is -3.71. The Hall–Kier alpha value is -4.76. The first-order valence-electron chi connectivity index (χ1n) is 16.5. The fourth-order valence-electron chi connectivity index (χ4n) is 4.47. The standard InChI is InChI=1S/C32H50N8O8/c1-7-9-13-47-31(45)21(15-19(3)4)39-29(43)25-23(35-17-37-25)27(41)33-11-12-34-28(42)24-26(38-18-36-24)30(44)40-22(16-20(5)6)32(46)48-14-10-8-2/h17-22H,7-16H2,1-6H3,(H,33,41)(H,34,42)(H,35,37)(H,36,38)(H,39,43)(H,40,44)/t21-,22-/m0/s1. The Balaban J connectivity index is 1.95. The number of unbranched alkanes of at least 4 members (excludes halogenated alkanes) is 2. The summed E-state index contributed by atoms with van der Waals surface area (Å²) in [6, 6.07) is -1.82. The van der Waals surface area contributed by atoms with Crippen LogP contribution in [0, 0.1) is 11.8 Å². The molecule has 0 saturated heterocycles. The molecule has 48 heavy (non-hydrogen) atoms. The van der Waals surface area contributed by atoms with Crippen LogP contribution in [-0.4, -0.2) is 93.9 Å². The first kappa shape index (κ1) is 39.4. The lowest BCUT2D eigenvalue weighted by atomic mass is 10.0. The van der Waals surface area contributed by atoms with Gasteiger partial charge in [-0.05, 0) is 37.5 Å². The molecule has 0 unspecified atom stereocenters. The van der Waals surface area contributed by atoms with Crippen LogP contribution in [0.4, 0.5) is 0 Å². The Morgan fingerprint density at radius 1 is 0.646 bits per heavy atom. The highest BCUT2D eigenvalue weighted by Crippen LogP contribution is 2.11. The van der Waals surface area contributed by atoms with Crippen molar-refractivity contribution in [3.05, 3.63) is 35.4 Å². The highest BCUT2D eigenvalue weighted by molar-refractivity contribution is 6.06. The zero-order valence-electron chi connectivity index (χ0n) is 28.7. The van der Waals surface area contributed by atoms with E-state index in [-0.39, 0.29) is 60.9 Å². The van der Waals surface area contributed by atoms with Crippen molar-refractivity contribution in [1.82, 2.24) is 41.2 Å². The molecule has 4 amide bonds. The maximum absolute atomic E-state index is 13.0. The molecule has 0 aromatic carbocycles. The van der Waals surface area contributed by atoms with E-state index < -0.39 is 47.7 Å². The maximum Gasteiger partial charge on any atom is 0.328 e. The number of esters is 2. The van der Waals surface area contributed by atoms with E-state index in [0.29, 0.717) is 25.7 Å². The fraction of sp³-hybridized carbons (Fsp3) is 0.625. The van der Waals surface area contributed by atoms with Crippen LogP contribution in [0.3, 0.4) is 0 Å². The number of rotatable bonds is 21. The lowest BCUT2D eigenvalue weighted by molar-refractivity contribution is -0.147. The van der Waals surface area contributed by atoms with Gasteiger partial charge in [0, 0.05) is 13.1 Å². The van der Waals surface area contributed by atoms with E-state index >= 15 is 0 Å². The minimum Gasteiger partial charge on any atom is -0.464 e. The van der Waals surface area contributed by atoms with Crippen molar-refractivity contribution in [3.8, 4) is 0 Å². The number of amides is 4. The summed E-state index contributed by atoms with van der Waals surface area (Å²) in [7, 11) is 0. The fourth-order valence-corrected chi connectivity index (χ4v) is 4.47. The SMILES string of the molecule is CCCCOC(=O)[C@H](CC(C)C)NC(=O)c1nc[nH]c1C(=O)NCCNC(=O)c1[nH]cnc1C(=O)N[C@@H](CC(C)C)C(=O)OCCCC. The molecule has 0 aliphatic heterocycles. The smallest absolute Gasteiger partial charge is 0.328 e. The van der Waals surface area contributed by atoms with Crippen LogP contribution < -0.4 is 21.3 Å². The van der Waals surface area contributed by atoms with Crippen LogP contribution in [-0.2, 0) is 19.1 Å². The van der Waals surface area contributed by atoms with Crippen molar-refractivity contribution >= 4 is 35.6 Å². The Kier molecular flexibility index (Phi) is 16.8. The number of aromatic nitrogens is 4. The molecule has 0 saturated carbocycles. The van der Waals surface area contributed by atoms with Crippen molar-refractivity contribution in [2.45, 2.75) is 92.2 Å². The molecule has 266 valence electrons. The molecule has 0 aliphatic rings. The molecular formula is C32H50N8O8. The van der Waals surface area contributed by atoms with E-state index in [1.807, 2.05) is 41.5 Å². The molecule has 16 heteroatoms. The summed E-state index contributed by atoms with van der Waals surface area (Å²) in [5, 5.41) is 10.4. The van der Waals surface area contributed by atoms with Gasteiger partial charge in [0.25, 0.3) is 23.6 Å². The van der Waals surface area contributed by atoms with Gasteiger partial charge in [0.1, 0.15) is 23.5 Å². The predicted octanol–water partition coefficient (Wildman–Crippen LogP) is 2.27. The highest BCUT2D eigenvalue weighted by Gasteiger charge is 2.29. The quantitative estimate of drug-likeness (QED) is 0.0836. The van der Waals surface area contributed by atoms with Gasteiger partial charge in [-0.2, -0.15) is 0 Å². The van der Waals surface area contributed by atoms with E-state index in [0.717, 1.165) is 12.8 Å². The van der Waals surface area contributed by atoms with Gasteiger partial charge in [-0.15, -0.1) is 0 Å². The monoisotopic (exact) mass is 674 g/mol. The molecular weight excluding hydrogens is 624 g/mol. The summed E-state index contributed by atoms with van der Waals surface area (Å²) < 4.78 is 10.6. The number of nitrogens with one attached hydrogen (secondary N) is 6. The van der Waals surface area contributed by atoms with Crippen molar-refractivity contribution < 1.29 is 38.2 Å². The van der Waals surface area contributed by atoms with Crippen LogP contribution in [0.1, 0.15) is 122 Å². The molecule has 2 aromatic rings. The second-order valence-electron chi connectivity index (χ2n) is 12.1. The number of nitrogens with zero attached hydrogens (tertiary/aromatic N) is 2. The number of H-pyrrole nitrogens is 2. The van der Waals surface area contributed by atoms with Crippen LogP contribution >= 0.6 is 0 Å². The molecule has 2 atom stereocenters. The molecule has 6 N–H and O–H groups in total. The average Bonchev–Trinajstić information content (AvgIpc) is 3.73. The van der Waals surface area contributed by atoms with Crippen LogP contribution in [0.25, 0.3) is 0 Å². The Morgan fingerprint density at radius 3 is 1.35 bits per heavy atom. The minimum absolute atomic E-state index is 0.0416. The van der Waals surface area contributed by atoms with Gasteiger partial charge in [0.2, 0.25) is 0 Å². The summed E-state index contributed by atoms with van der Waals surface area (Å²) in [6.07, 6.45) is 6.15. The van der Waals surface area contributed by atoms with Crippen molar-refractivity contribution in [2.75, 3.05) is 26.3 Å². The largest absolute Gasteiger partial charge is 0.464 e. The number of hydrogen-bond acceptors (Lipinski definition) is 10. The summed E-state index contributed by atoms with van der Waals surface area (Å²) in [5.41, 5.74) is -0.661. The second kappa shape index (κ2) is 20.5. The van der Waals surface area contributed by atoms with Gasteiger partial charge >= 0.3 is 11.9 Å². The lowest BCUT2D eigenvalue weighted by Gasteiger charge is -2.19. The Morgan fingerprint density at radius 2 is 1.02 bits per heavy atom. The first-order chi connectivity index (χ1) is 22.9. The molecule has 16 nitrogen and oxygen atoms in total. The van der Waals surface area contributed by atoms with Gasteiger partial charge in [0.05, 0.1) is 25.9 Å². The van der Waals surface area contributed by atoms with Crippen molar-refractivity contribution in [3.63, 3.8) is 0 Å². The topological polar surface area (TPSA) is 226 Å². The van der Waals surface area contributed by atoms with Gasteiger partial charge in [-0.3, -0.25) is 19.2 Å². The number of hydrogen-bond donors (Lipinski definition) is 6. The van der Waals surface area contributed by atoms with Gasteiger partial charge in [0.15, 0.2) is 11.4 Å². The number of aromatic amines is 2. The zero-order chi connectivity index (χ0) is 35.6. The second-order valence-corrected chi connectivity index (χ2v) is 12.1. The van der Waals surface area contributed by atoms with Crippen LogP contribution in [0.15, 0.2) is 12.7 Å². The van der Waals surface area contributed by atoms with E-state index in [2.05, 4.69) is 41.2 Å². The number of carbonyl (C=O) groups is 6. The van der Waals surface area contributed by atoms with E-state index in [4.69, 9.17) is 9.47 Å². The third kappa shape index (κ3) is 12.8. The Bertz CT molecular complexity index is 1270. The summed E-state index contributed by atoms with van der Waals surface area (Å²) >= 11 is 0. The summed E-state index contributed by atoms with van der Waals surface area (Å²) in [4.78, 5) is 90.1.